The highest BCUT2D eigenvalue weighted by molar-refractivity contribution is 8.15. The van der Waals surface area contributed by atoms with Crippen molar-refractivity contribution in [2.75, 3.05) is 11.9 Å². The van der Waals surface area contributed by atoms with Gasteiger partial charge in [0.1, 0.15) is 5.82 Å². The second-order valence-corrected chi connectivity index (χ2v) is 5.41. The van der Waals surface area contributed by atoms with E-state index in [4.69, 9.17) is 0 Å². The van der Waals surface area contributed by atoms with Crippen molar-refractivity contribution in [3.8, 4) is 0 Å². The molecule has 1 unspecified atom stereocenters. The highest BCUT2D eigenvalue weighted by Gasteiger charge is 2.22. The van der Waals surface area contributed by atoms with Gasteiger partial charge in [-0.1, -0.05) is 25.6 Å². The Hall–Kier alpha value is -1.03. The fraction of sp³-hybridized carbons (Fsp3) is 0.417. The predicted octanol–water partition coefficient (Wildman–Crippen LogP) is 3.37. The summed E-state index contributed by atoms with van der Waals surface area (Å²) in [6.07, 6.45) is 0. The van der Waals surface area contributed by atoms with E-state index in [-0.39, 0.29) is 5.82 Å². The molecule has 0 radical (unpaired) electrons. The molecular formula is C12H15FN2S. The summed E-state index contributed by atoms with van der Waals surface area (Å²) in [6.45, 7) is 5.27. The van der Waals surface area contributed by atoms with E-state index in [9.17, 15) is 4.39 Å². The van der Waals surface area contributed by atoms with E-state index in [1.165, 1.54) is 12.1 Å². The van der Waals surface area contributed by atoms with Crippen molar-refractivity contribution >= 4 is 22.6 Å². The third-order valence-electron chi connectivity index (χ3n) is 2.52. The molecule has 1 atom stereocenters. The molecule has 1 aliphatic rings. The van der Waals surface area contributed by atoms with Gasteiger partial charge in [-0.3, -0.25) is 4.99 Å². The van der Waals surface area contributed by atoms with Crippen LogP contribution >= 0.6 is 11.8 Å². The molecule has 0 aromatic heterocycles. The number of hydrogen-bond acceptors (Lipinski definition) is 3. The minimum absolute atomic E-state index is 0.216. The van der Waals surface area contributed by atoms with Gasteiger partial charge in [-0.05, 0) is 30.2 Å². The minimum atomic E-state index is -0.216. The first-order valence-corrected chi connectivity index (χ1v) is 6.27. The molecule has 0 saturated heterocycles. The van der Waals surface area contributed by atoms with E-state index in [0.29, 0.717) is 11.2 Å². The largest absolute Gasteiger partial charge is 0.335 e. The van der Waals surface area contributed by atoms with Crippen LogP contribution in [0.4, 0.5) is 10.1 Å². The molecule has 1 aliphatic heterocycles. The van der Waals surface area contributed by atoms with E-state index >= 15 is 0 Å². The SMILES string of the molecule is CC(C)C1CN=C(Nc2ccc(F)cc2)S1. The van der Waals surface area contributed by atoms with Gasteiger partial charge in [0.05, 0.1) is 6.54 Å². The Bertz CT molecular complexity index is 387. The Morgan fingerprint density at radius 1 is 1.38 bits per heavy atom. The summed E-state index contributed by atoms with van der Waals surface area (Å²) in [4.78, 5) is 4.43. The fourth-order valence-corrected chi connectivity index (χ4v) is 2.50. The number of rotatable bonds is 2. The maximum Gasteiger partial charge on any atom is 0.161 e. The quantitative estimate of drug-likeness (QED) is 0.854. The van der Waals surface area contributed by atoms with Crippen LogP contribution in [0.25, 0.3) is 0 Å². The Morgan fingerprint density at radius 2 is 2.06 bits per heavy atom. The van der Waals surface area contributed by atoms with Gasteiger partial charge in [0.2, 0.25) is 0 Å². The molecule has 0 fully saturated rings. The third-order valence-corrected chi connectivity index (χ3v) is 3.97. The second-order valence-electron chi connectivity index (χ2n) is 4.18. The van der Waals surface area contributed by atoms with Gasteiger partial charge in [0, 0.05) is 10.9 Å². The van der Waals surface area contributed by atoms with E-state index in [1.807, 2.05) is 0 Å². The van der Waals surface area contributed by atoms with E-state index in [0.717, 1.165) is 17.4 Å². The van der Waals surface area contributed by atoms with Gasteiger partial charge >= 0.3 is 0 Å². The van der Waals surface area contributed by atoms with Gasteiger partial charge < -0.3 is 5.32 Å². The molecule has 2 rings (SSSR count). The second kappa shape index (κ2) is 4.87. The first-order chi connectivity index (χ1) is 7.65. The van der Waals surface area contributed by atoms with Crippen LogP contribution in [0.1, 0.15) is 13.8 Å². The first-order valence-electron chi connectivity index (χ1n) is 5.39. The summed E-state index contributed by atoms with van der Waals surface area (Å²) in [5.41, 5.74) is 0.886. The van der Waals surface area contributed by atoms with Crippen LogP contribution in [0.3, 0.4) is 0 Å². The van der Waals surface area contributed by atoms with Gasteiger partial charge in [0.25, 0.3) is 0 Å². The molecule has 0 bridgehead atoms. The van der Waals surface area contributed by atoms with Gasteiger partial charge in [0.15, 0.2) is 5.17 Å². The number of benzene rings is 1. The van der Waals surface area contributed by atoms with Crippen LogP contribution in [0, 0.1) is 11.7 Å². The monoisotopic (exact) mass is 238 g/mol. The number of aliphatic imine (C=N–C) groups is 1. The summed E-state index contributed by atoms with van der Waals surface area (Å²) in [5.74, 6) is 0.410. The Balaban J connectivity index is 1.94. The van der Waals surface area contributed by atoms with Crippen LogP contribution < -0.4 is 5.32 Å². The Morgan fingerprint density at radius 3 is 2.62 bits per heavy atom. The Kier molecular flexibility index (Phi) is 3.49. The lowest BCUT2D eigenvalue weighted by Gasteiger charge is -2.12. The number of anilines is 1. The summed E-state index contributed by atoms with van der Waals surface area (Å²) >= 11 is 1.76. The number of thioether (sulfide) groups is 1. The van der Waals surface area contributed by atoms with Crippen molar-refractivity contribution < 1.29 is 4.39 Å². The molecule has 16 heavy (non-hydrogen) atoms. The molecule has 0 saturated carbocycles. The lowest BCUT2D eigenvalue weighted by Crippen LogP contribution is -2.13. The highest BCUT2D eigenvalue weighted by Crippen LogP contribution is 2.27. The highest BCUT2D eigenvalue weighted by atomic mass is 32.2. The summed E-state index contributed by atoms with van der Waals surface area (Å²) in [5, 5.41) is 4.69. The van der Waals surface area contributed by atoms with Crippen molar-refractivity contribution in [2.45, 2.75) is 19.1 Å². The third kappa shape index (κ3) is 2.76. The summed E-state index contributed by atoms with van der Waals surface area (Å²) in [7, 11) is 0. The van der Waals surface area contributed by atoms with E-state index in [1.54, 1.807) is 23.9 Å². The number of halogens is 1. The number of hydrogen-bond donors (Lipinski definition) is 1. The van der Waals surface area contributed by atoms with E-state index in [2.05, 4.69) is 24.2 Å². The van der Waals surface area contributed by atoms with Gasteiger partial charge in [-0.25, -0.2) is 4.39 Å². The number of nitrogens with zero attached hydrogens (tertiary/aromatic N) is 1. The van der Waals surface area contributed by atoms with Crippen LogP contribution in [0.2, 0.25) is 0 Å². The van der Waals surface area contributed by atoms with Crippen LogP contribution in [-0.4, -0.2) is 17.0 Å². The summed E-state index contributed by atoms with van der Waals surface area (Å²) < 4.78 is 12.7. The molecule has 1 N–H and O–H groups in total. The average Bonchev–Trinajstić information content (AvgIpc) is 2.70. The van der Waals surface area contributed by atoms with Crippen molar-refractivity contribution in [3.63, 3.8) is 0 Å². The van der Waals surface area contributed by atoms with Gasteiger partial charge in [-0.2, -0.15) is 0 Å². The maximum atomic E-state index is 12.7. The van der Waals surface area contributed by atoms with Crippen LogP contribution in [-0.2, 0) is 0 Å². The smallest absolute Gasteiger partial charge is 0.161 e. The Labute approximate surface area is 99.3 Å². The van der Waals surface area contributed by atoms with Crippen molar-refractivity contribution in [1.29, 1.82) is 0 Å². The molecule has 86 valence electrons. The average molecular weight is 238 g/mol. The maximum absolute atomic E-state index is 12.7. The molecule has 0 spiro atoms. The van der Waals surface area contributed by atoms with Crippen LogP contribution in [0.15, 0.2) is 29.3 Å². The van der Waals surface area contributed by atoms with Crippen molar-refractivity contribution in [1.82, 2.24) is 0 Å². The predicted molar refractivity (Wildman–Crippen MR) is 68.5 cm³/mol. The molecule has 2 nitrogen and oxygen atoms in total. The first kappa shape index (κ1) is 11.5. The van der Waals surface area contributed by atoms with Crippen molar-refractivity contribution in [2.24, 2.45) is 10.9 Å². The van der Waals surface area contributed by atoms with Crippen molar-refractivity contribution in [3.05, 3.63) is 30.1 Å². The standard InChI is InChI=1S/C12H15FN2S/c1-8(2)11-7-14-12(16-11)15-10-5-3-9(13)4-6-10/h3-6,8,11H,7H2,1-2H3,(H,14,15). The molecular weight excluding hydrogens is 223 g/mol. The molecule has 0 aliphatic carbocycles. The zero-order valence-electron chi connectivity index (χ0n) is 9.40. The lowest BCUT2D eigenvalue weighted by molar-refractivity contribution is 0.621. The van der Waals surface area contributed by atoms with E-state index < -0.39 is 0 Å². The molecule has 0 amide bonds. The fourth-order valence-electron chi connectivity index (χ4n) is 1.46. The molecule has 1 aromatic rings. The summed E-state index contributed by atoms with van der Waals surface area (Å²) in [6, 6.07) is 6.34. The topological polar surface area (TPSA) is 24.4 Å². The van der Waals surface area contributed by atoms with Gasteiger partial charge in [-0.15, -0.1) is 0 Å². The van der Waals surface area contributed by atoms with Crippen LogP contribution in [0.5, 0.6) is 0 Å². The number of nitrogens with one attached hydrogen (secondary N) is 1. The zero-order valence-corrected chi connectivity index (χ0v) is 10.2. The zero-order chi connectivity index (χ0) is 11.5. The lowest BCUT2D eigenvalue weighted by atomic mass is 10.1. The molecule has 4 heteroatoms. The minimum Gasteiger partial charge on any atom is -0.335 e. The molecule has 1 aromatic carbocycles. The normalized spacial score (nSPS) is 20.0. The number of amidine groups is 1. The molecule has 1 heterocycles.